The van der Waals surface area contributed by atoms with Gasteiger partial charge in [-0.1, -0.05) is 30.0 Å². The summed E-state index contributed by atoms with van der Waals surface area (Å²) in [5, 5.41) is 12.8. The van der Waals surface area contributed by atoms with Crippen LogP contribution in [0.1, 0.15) is 38.8 Å². The van der Waals surface area contributed by atoms with Gasteiger partial charge in [0.1, 0.15) is 11.4 Å². The van der Waals surface area contributed by atoms with Crippen LogP contribution in [0.25, 0.3) is 6.08 Å². The van der Waals surface area contributed by atoms with Crippen LogP contribution in [0.3, 0.4) is 0 Å². The molecular formula is C27H31F3N2O5S. The van der Waals surface area contributed by atoms with Gasteiger partial charge in [0.05, 0.1) is 35.8 Å². The van der Waals surface area contributed by atoms with E-state index in [1.807, 2.05) is 0 Å². The first-order valence-electron chi connectivity index (χ1n) is 12.0. The lowest BCUT2D eigenvalue weighted by molar-refractivity contribution is -0.139. The van der Waals surface area contributed by atoms with E-state index in [0.29, 0.717) is 17.3 Å². The van der Waals surface area contributed by atoms with Crippen LogP contribution in [0.5, 0.6) is 5.75 Å². The monoisotopic (exact) mass is 552 g/mol. The smallest absolute Gasteiger partial charge is 0.417 e. The predicted octanol–water partition coefficient (Wildman–Crippen LogP) is 5.36. The Morgan fingerprint density at radius 3 is 2.50 bits per heavy atom. The first kappa shape index (κ1) is 29.4. The van der Waals surface area contributed by atoms with Crippen LogP contribution >= 0.6 is 11.8 Å². The zero-order valence-corrected chi connectivity index (χ0v) is 22.4. The molecule has 2 aromatic carbocycles. The number of alkyl halides is 3. The van der Waals surface area contributed by atoms with Crippen molar-refractivity contribution in [3.63, 3.8) is 0 Å². The third-order valence-corrected chi connectivity index (χ3v) is 6.51. The number of halogens is 3. The van der Waals surface area contributed by atoms with Gasteiger partial charge < -0.3 is 24.8 Å². The average molecular weight is 553 g/mol. The van der Waals surface area contributed by atoms with Gasteiger partial charge in [0.2, 0.25) is 5.91 Å². The van der Waals surface area contributed by atoms with Crippen molar-refractivity contribution < 1.29 is 37.3 Å². The maximum Gasteiger partial charge on any atom is 0.417 e. The van der Waals surface area contributed by atoms with Crippen molar-refractivity contribution >= 4 is 29.8 Å². The number of para-hydroxylation sites is 1. The first-order chi connectivity index (χ1) is 17.8. The summed E-state index contributed by atoms with van der Waals surface area (Å²) >= 11 is 0.949. The van der Waals surface area contributed by atoms with Crippen molar-refractivity contribution in [3.8, 4) is 5.75 Å². The predicted molar refractivity (Wildman–Crippen MR) is 138 cm³/mol. The lowest BCUT2D eigenvalue weighted by Crippen LogP contribution is -2.42. The van der Waals surface area contributed by atoms with Gasteiger partial charge in [-0.15, -0.1) is 0 Å². The summed E-state index contributed by atoms with van der Waals surface area (Å²) in [6.45, 7) is 7.37. The molecule has 206 valence electrons. The summed E-state index contributed by atoms with van der Waals surface area (Å²) in [4.78, 5) is 26.5. The topological polar surface area (TPSA) is 88.1 Å². The van der Waals surface area contributed by atoms with E-state index in [4.69, 9.17) is 9.47 Å². The number of likely N-dealkylation sites (tertiary alicyclic amines) is 1. The second kappa shape index (κ2) is 12.1. The third kappa shape index (κ3) is 8.16. The molecule has 3 rings (SSSR count). The van der Waals surface area contributed by atoms with Crippen LogP contribution in [0, 0.1) is 0 Å². The molecule has 1 saturated heterocycles. The minimum absolute atomic E-state index is 0.00238. The number of nitrogens with one attached hydrogen (secondary N) is 1. The highest BCUT2D eigenvalue weighted by Crippen LogP contribution is 2.42. The number of rotatable bonds is 7. The number of amides is 2. The molecule has 1 fully saturated rings. The lowest BCUT2D eigenvalue weighted by Gasteiger charge is -2.24. The summed E-state index contributed by atoms with van der Waals surface area (Å²) in [5.74, 6) is -0.120. The van der Waals surface area contributed by atoms with E-state index >= 15 is 0 Å². The molecule has 1 aliphatic heterocycles. The number of hydrogen-bond acceptors (Lipinski definition) is 6. The van der Waals surface area contributed by atoms with Crippen molar-refractivity contribution in [1.82, 2.24) is 10.2 Å². The highest BCUT2D eigenvalue weighted by molar-refractivity contribution is 7.99. The lowest BCUT2D eigenvalue weighted by atomic mass is 10.1. The summed E-state index contributed by atoms with van der Waals surface area (Å²) in [6.07, 6.45) is -3.87. The number of β-amino-alcohol motifs (C(OH)–C–C–N with tert-alkyl or cyclic N) is 1. The van der Waals surface area contributed by atoms with Gasteiger partial charge >= 0.3 is 12.3 Å². The van der Waals surface area contributed by atoms with Gasteiger partial charge in [0.15, 0.2) is 0 Å². The first-order valence-corrected chi connectivity index (χ1v) is 12.8. The highest BCUT2D eigenvalue weighted by atomic mass is 32.2. The molecule has 7 nitrogen and oxygen atoms in total. The fraction of sp³-hybridized carbons (Fsp3) is 0.407. The van der Waals surface area contributed by atoms with Crippen LogP contribution < -0.4 is 10.1 Å². The van der Waals surface area contributed by atoms with Crippen LogP contribution in [0.4, 0.5) is 18.0 Å². The molecule has 0 radical (unpaired) electrons. The molecule has 1 aliphatic rings. The van der Waals surface area contributed by atoms with Gasteiger partial charge in [-0.25, -0.2) is 4.79 Å². The van der Waals surface area contributed by atoms with Gasteiger partial charge in [-0.3, -0.25) is 4.79 Å². The van der Waals surface area contributed by atoms with E-state index in [9.17, 15) is 27.9 Å². The Morgan fingerprint density at radius 2 is 1.84 bits per heavy atom. The van der Waals surface area contributed by atoms with Crippen LogP contribution in [0.2, 0.25) is 0 Å². The highest BCUT2D eigenvalue weighted by Gasteiger charge is 2.37. The molecule has 0 aliphatic carbocycles. The van der Waals surface area contributed by atoms with Gasteiger partial charge in [-0.2, -0.15) is 13.2 Å². The minimum Gasteiger partial charge on any atom is -0.493 e. The number of hydrogen-bond donors (Lipinski definition) is 2. The number of aliphatic hydroxyl groups excluding tert-OH is 1. The molecule has 0 spiro atoms. The maximum absolute atomic E-state index is 13.9. The molecule has 2 amide bonds. The zero-order chi connectivity index (χ0) is 28.1. The van der Waals surface area contributed by atoms with E-state index in [1.165, 1.54) is 23.1 Å². The Kier molecular flexibility index (Phi) is 9.37. The Bertz CT molecular complexity index is 1180. The quantitative estimate of drug-likeness (QED) is 0.450. The molecular weight excluding hydrogens is 521 g/mol. The van der Waals surface area contributed by atoms with E-state index in [2.05, 4.69) is 5.32 Å². The normalized spacial score (nSPS) is 18.1. The molecule has 0 aromatic heterocycles. The molecule has 11 heteroatoms. The van der Waals surface area contributed by atoms with Crippen molar-refractivity contribution in [2.45, 2.75) is 61.4 Å². The van der Waals surface area contributed by atoms with Crippen LogP contribution in [0.15, 0.2) is 58.3 Å². The van der Waals surface area contributed by atoms with Crippen molar-refractivity contribution in [2.75, 3.05) is 19.7 Å². The number of nitrogens with zero attached hydrogens (tertiary/aromatic N) is 1. The van der Waals surface area contributed by atoms with Crippen LogP contribution in [-0.4, -0.2) is 59.5 Å². The third-order valence-electron chi connectivity index (χ3n) is 5.37. The molecule has 0 saturated carbocycles. The second-order valence-corrected chi connectivity index (χ2v) is 10.7. The molecule has 2 atom stereocenters. The number of carbonyl (C=O) groups is 2. The summed E-state index contributed by atoms with van der Waals surface area (Å²) in [5.41, 5.74) is -1.37. The van der Waals surface area contributed by atoms with Crippen molar-refractivity contribution in [1.29, 1.82) is 0 Å². The molecule has 2 aromatic rings. The standard InChI is InChI=1S/C27H31F3N2O5S/c1-5-36-21-8-6-7-9-23(21)38-22-12-10-17(14-18(22)27(28,29)30)11-13-24(34)31-19-15-32(16-20(19)33)25(35)37-26(2,3)4/h6-14,19-20,33H,5,15-16H2,1-4H3,(H,31,34). The number of carbonyl (C=O) groups excluding carboxylic acids is 2. The maximum atomic E-state index is 13.9. The second-order valence-electron chi connectivity index (χ2n) is 9.64. The largest absolute Gasteiger partial charge is 0.493 e. The Morgan fingerprint density at radius 1 is 1.13 bits per heavy atom. The fourth-order valence-electron chi connectivity index (χ4n) is 3.70. The minimum atomic E-state index is -4.62. The Balaban J connectivity index is 1.70. The van der Waals surface area contributed by atoms with Crippen molar-refractivity contribution in [2.24, 2.45) is 0 Å². The van der Waals surface area contributed by atoms with Gasteiger partial charge in [0.25, 0.3) is 0 Å². The summed E-state index contributed by atoms with van der Waals surface area (Å²) in [7, 11) is 0. The van der Waals surface area contributed by atoms with Crippen LogP contribution in [-0.2, 0) is 15.7 Å². The summed E-state index contributed by atoms with van der Waals surface area (Å²) < 4.78 is 52.4. The molecule has 1 heterocycles. The van der Waals surface area contributed by atoms with Gasteiger partial charge in [-0.05, 0) is 63.6 Å². The number of aliphatic hydroxyl groups is 1. The fourth-order valence-corrected chi connectivity index (χ4v) is 4.73. The van der Waals surface area contributed by atoms with E-state index in [1.54, 1.807) is 52.0 Å². The Hall–Kier alpha value is -3.18. The zero-order valence-electron chi connectivity index (χ0n) is 21.5. The molecule has 0 bridgehead atoms. The number of ether oxygens (including phenoxy) is 2. The van der Waals surface area contributed by atoms with Crippen molar-refractivity contribution in [3.05, 3.63) is 59.7 Å². The van der Waals surface area contributed by atoms with E-state index in [0.717, 1.165) is 23.9 Å². The number of benzene rings is 2. The molecule has 2 N–H and O–H groups in total. The average Bonchev–Trinajstić information content (AvgIpc) is 3.18. The summed E-state index contributed by atoms with van der Waals surface area (Å²) in [6, 6.07) is 9.93. The van der Waals surface area contributed by atoms with E-state index < -0.39 is 41.5 Å². The molecule has 38 heavy (non-hydrogen) atoms. The molecule has 2 unspecified atom stereocenters. The Labute approximate surface area is 224 Å². The van der Waals surface area contributed by atoms with E-state index in [-0.39, 0.29) is 23.5 Å². The SMILES string of the molecule is CCOc1ccccc1Sc1ccc(C=CC(=O)NC2CN(C(=O)OC(C)(C)C)CC2O)cc1C(F)(F)F. The van der Waals surface area contributed by atoms with Gasteiger partial charge in [0, 0.05) is 17.5 Å².